The summed E-state index contributed by atoms with van der Waals surface area (Å²) in [5.74, 6) is 0.343. The predicted octanol–water partition coefficient (Wildman–Crippen LogP) is 2.90. The first kappa shape index (κ1) is 18.3. The molecule has 0 saturated carbocycles. The first-order valence-electron chi connectivity index (χ1n) is 9.08. The summed E-state index contributed by atoms with van der Waals surface area (Å²) in [6, 6.07) is 14.6. The Hall–Kier alpha value is -3.12. The molecule has 0 fully saturated rings. The van der Waals surface area contributed by atoms with E-state index in [4.69, 9.17) is 13.9 Å². The number of rotatable bonds is 4. The highest BCUT2D eigenvalue weighted by atomic mass is 16.5. The minimum Gasteiger partial charge on any atom is -0.497 e. The fraction of sp³-hybridized carbons (Fsp3) is 0.273. The van der Waals surface area contributed by atoms with Gasteiger partial charge in [0, 0.05) is 30.6 Å². The Kier molecular flexibility index (Phi) is 4.88. The van der Waals surface area contributed by atoms with Gasteiger partial charge in [0.05, 0.1) is 14.2 Å². The average molecular weight is 379 g/mol. The normalized spacial score (nSPS) is 16.6. The van der Waals surface area contributed by atoms with Crippen LogP contribution < -0.4 is 10.4 Å². The zero-order valence-corrected chi connectivity index (χ0v) is 15.8. The number of esters is 1. The standard InChI is InChI=1S/C22H21NO5/c1-26-17-7-8-18-16(10-21(24)28-20(18)11-17)13-23-12-15-6-4-3-5-14(15)9-19(23)22(25)27-2/h3-8,10-11,19H,9,12-13H2,1-2H3/t19-/m1/s1. The van der Waals surface area contributed by atoms with E-state index in [0.717, 1.165) is 16.5 Å². The summed E-state index contributed by atoms with van der Waals surface area (Å²) in [6.45, 7) is 1.04. The zero-order chi connectivity index (χ0) is 19.7. The van der Waals surface area contributed by atoms with E-state index in [1.165, 1.54) is 18.7 Å². The van der Waals surface area contributed by atoms with Crippen LogP contribution in [0.15, 0.2) is 57.7 Å². The first-order chi connectivity index (χ1) is 13.6. The molecule has 0 aliphatic carbocycles. The Morgan fingerprint density at radius 2 is 1.93 bits per heavy atom. The van der Waals surface area contributed by atoms with Crippen LogP contribution in [0.1, 0.15) is 16.7 Å². The van der Waals surface area contributed by atoms with Crippen molar-refractivity contribution in [2.75, 3.05) is 14.2 Å². The fourth-order valence-corrected chi connectivity index (χ4v) is 3.80. The smallest absolute Gasteiger partial charge is 0.336 e. The summed E-state index contributed by atoms with van der Waals surface area (Å²) in [7, 11) is 2.97. The van der Waals surface area contributed by atoms with Gasteiger partial charge in [0.15, 0.2) is 0 Å². The fourth-order valence-electron chi connectivity index (χ4n) is 3.80. The number of ether oxygens (including phenoxy) is 2. The number of benzene rings is 2. The maximum atomic E-state index is 12.4. The van der Waals surface area contributed by atoms with Crippen LogP contribution in [-0.4, -0.2) is 31.1 Å². The second-order valence-electron chi connectivity index (χ2n) is 6.87. The lowest BCUT2D eigenvalue weighted by atomic mass is 9.93. The first-order valence-corrected chi connectivity index (χ1v) is 9.08. The summed E-state index contributed by atoms with van der Waals surface area (Å²) in [4.78, 5) is 26.6. The van der Waals surface area contributed by atoms with Crippen molar-refractivity contribution in [3.8, 4) is 5.75 Å². The summed E-state index contributed by atoms with van der Waals surface area (Å²) in [6.07, 6.45) is 0.579. The van der Waals surface area contributed by atoms with Gasteiger partial charge in [0.1, 0.15) is 17.4 Å². The van der Waals surface area contributed by atoms with Gasteiger partial charge in [-0.1, -0.05) is 24.3 Å². The van der Waals surface area contributed by atoms with E-state index in [-0.39, 0.29) is 5.97 Å². The topological polar surface area (TPSA) is 69.0 Å². The zero-order valence-electron chi connectivity index (χ0n) is 15.8. The van der Waals surface area contributed by atoms with Crippen LogP contribution in [0, 0.1) is 0 Å². The van der Waals surface area contributed by atoms with Crippen molar-refractivity contribution in [3.63, 3.8) is 0 Å². The van der Waals surface area contributed by atoms with E-state index in [0.29, 0.717) is 30.8 Å². The Morgan fingerprint density at radius 3 is 2.68 bits per heavy atom. The lowest BCUT2D eigenvalue weighted by Crippen LogP contribution is -2.45. The number of carbonyl (C=O) groups excluding carboxylic acids is 1. The molecule has 0 spiro atoms. The van der Waals surface area contributed by atoms with Crippen LogP contribution in [0.2, 0.25) is 0 Å². The molecule has 0 saturated heterocycles. The minimum atomic E-state index is -0.428. The monoisotopic (exact) mass is 379 g/mol. The molecule has 1 aliphatic heterocycles. The third-order valence-electron chi connectivity index (χ3n) is 5.23. The molecule has 2 aromatic carbocycles. The van der Waals surface area contributed by atoms with Crippen molar-refractivity contribution >= 4 is 16.9 Å². The van der Waals surface area contributed by atoms with E-state index in [9.17, 15) is 9.59 Å². The van der Waals surface area contributed by atoms with Gasteiger partial charge in [-0.05, 0) is 35.2 Å². The largest absolute Gasteiger partial charge is 0.497 e. The van der Waals surface area contributed by atoms with E-state index in [1.54, 1.807) is 13.2 Å². The molecule has 28 heavy (non-hydrogen) atoms. The molecular formula is C22H21NO5. The Balaban J connectivity index is 1.74. The molecule has 6 nitrogen and oxygen atoms in total. The van der Waals surface area contributed by atoms with E-state index < -0.39 is 11.7 Å². The molecule has 2 heterocycles. The van der Waals surface area contributed by atoms with Crippen LogP contribution >= 0.6 is 0 Å². The van der Waals surface area contributed by atoms with Crippen LogP contribution in [0.4, 0.5) is 0 Å². The molecule has 6 heteroatoms. The highest BCUT2D eigenvalue weighted by Crippen LogP contribution is 2.28. The average Bonchev–Trinajstić information content (AvgIpc) is 2.72. The minimum absolute atomic E-state index is 0.275. The van der Waals surface area contributed by atoms with Crippen molar-refractivity contribution < 1.29 is 18.7 Å². The van der Waals surface area contributed by atoms with Gasteiger partial charge in [-0.15, -0.1) is 0 Å². The number of hydrogen-bond donors (Lipinski definition) is 0. The quantitative estimate of drug-likeness (QED) is 0.513. The van der Waals surface area contributed by atoms with Gasteiger partial charge in [-0.3, -0.25) is 9.69 Å². The molecule has 0 bridgehead atoms. The predicted molar refractivity (Wildman–Crippen MR) is 104 cm³/mol. The van der Waals surface area contributed by atoms with Crippen LogP contribution in [0.25, 0.3) is 11.0 Å². The van der Waals surface area contributed by atoms with Gasteiger partial charge < -0.3 is 13.9 Å². The molecule has 0 N–H and O–H groups in total. The van der Waals surface area contributed by atoms with Gasteiger partial charge >= 0.3 is 11.6 Å². The Bertz CT molecular complexity index is 1090. The second kappa shape index (κ2) is 7.48. The SMILES string of the molecule is COC(=O)[C@H]1Cc2ccccc2CN1Cc1cc(=O)oc2cc(OC)ccc12. The number of nitrogens with zero attached hydrogens (tertiary/aromatic N) is 1. The Labute approximate surface area is 162 Å². The summed E-state index contributed by atoms with van der Waals surface area (Å²) < 4.78 is 15.6. The number of carbonyl (C=O) groups is 1. The molecule has 1 aliphatic rings. The van der Waals surface area contributed by atoms with Crippen molar-refractivity contribution in [2.24, 2.45) is 0 Å². The maximum absolute atomic E-state index is 12.4. The highest BCUT2D eigenvalue weighted by Gasteiger charge is 2.32. The van der Waals surface area contributed by atoms with Gasteiger partial charge in [0.2, 0.25) is 0 Å². The van der Waals surface area contributed by atoms with Crippen molar-refractivity contribution in [3.05, 3.63) is 75.6 Å². The molecular weight excluding hydrogens is 358 g/mol. The van der Waals surface area contributed by atoms with E-state index >= 15 is 0 Å². The van der Waals surface area contributed by atoms with Crippen LogP contribution in [0.3, 0.4) is 0 Å². The molecule has 144 valence electrons. The number of hydrogen-bond acceptors (Lipinski definition) is 6. The maximum Gasteiger partial charge on any atom is 0.336 e. The van der Waals surface area contributed by atoms with Gasteiger partial charge in [-0.2, -0.15) is 0 Å². The van der Waals surface area contributed by atoms with Crippen LogP contribution in [-0.2, 0) is 29.0 Å². The lowest BCUT2D eigenvalue weighted by molar-refractivity contribution is -0.147. The molecule has 3 aromatic rings. The summed E-state index contributed by atoms with van der Waals surface area (Å²) in [5.41, 5.74) is 3.17. The summed E-state index contributed by atoms with van der Waals surface area (Å²) >= 11 is 0. The Morgan fingerprint density at radius 1 is 1.14 bits per heavy atom. The molecule has 1 atom stereocenters. The third-order valence-corrected chi connectivity index (χ3v) is 5.23. The van der Waals surface area contributed by atoms with Crippen molar-refractivity contribution in [1.82, 2.24) is 4.90 Å². The molecule has 0 radical (unpaired) electrons. The number of fused-ring (bicyclic) bond motifs is 2. The highest BCUT2D eigenvalue weighted by molar-refractivity contribution is 5.82. The molecule has 1 aromatic heterocycles. The van der Waals surface area contributed by atoms with Crippen molar-refractivity contribution in [1.29, 1.82) is 0 Å². The van der Waals surface area contributed by atoms with Crippen LogP contribution in [0.5, 0.6) is 5.75 Å². The van der Waals surface area contributed by atoms with Gasteiger partial charge in [-0.25, -0.2) is 4.79 Å². The lowest BCUT2D eigenvalue weighted by Gasteiger charge is -2.35. The second-order valence-corrected chi connectivity index (χ2v) is 6.87. The molecule has 4 rings (SSSR count). The van der Waals surface area contributed by atoms with E-state index in [1.807, 2.05) is 35.2 Å². The van der Waals surface area contributed by atoms with E-state index in [2.05, 4.69) is 6.07 Å². The number of methoxy groups -OCH3 is 2. The molecule has 0 unspecified atom stereocenters. The van der Waals surface area contributed by atoms with Crippen molar-refractivity contribution in [2.45, 2.75) is 25.6 Å². The summed E-state index contributed by atoms with van der Waals surface area (Å²) in [5, 5.41) is 0.822. The third kappa shape index (κ3) is 3.39. The van der Waals surface area contributed by atoms with Gasteiger partial charge in [0.25, 0.3) is 0 Å². The molecule has 0 amide bonds.